The molecule has 1 aromatic heterocycles. The van der Waals surface area contributed by atoms with E-state index in [9.17, 15) is 9.59 Å². The van der Waals surface area contributed by atoms with E-state index in [1.807, 2.05) is 0 Å². The van der Waals surface area contributed by atoms with Gasteiger partial charge in [-0.3, -0.25) is 4.79 Å². The highest BCUT2D eigenvalue weighted by Gasteiger charge is 2.51. The molecule has 2 heterocycles. The Labute approximate surface area is 102 Å². The van der Waals surface area contributed by atoms with E-state index < -0.39 is 11.6 Å². The van der Waals surface area contributed by atoms with E-state index in [1.54, 1.807) is 12.2 Å². The standard InChI is InChI=1S/C11H10N4O3/c1-18-10(17)15-11-4-2-3-6-7(11)8(13-5-12-6)14-9(11)16/h2-3,5H,4H2,1H3,(H,15,17)(H,12,13,14,16). The number of ether oxygens (including phenoxy) is 1. The fourth-order valence-corrected chi connectivity index (χ4v) is 2.31. The van der Waals surface area contributed by atoms with Gasteiger partial charge in [-0.1, -0.05) is 6.08 Å². The van der Waals surface area contributed by atoms with E-state index in [4.69, 9.17) is 0 Å². The number of aromatic nitrogens is 2. The molecule has 0 fully saturated rings. The highest BCUT2D eigenvalue weighted by Crippen LogP contribution is 2.42. The first-order valence-corrected chi connectivity index (χ1v) is 5.37. The first-order chi connectivity index (χ1) is 8.67. The summed E-state index contributed by atoms with van der Waals surface area (Å²) in [6.07, 6.45) is 4.65. The van der Waals surface area contributed by atoms with E-state index >= 15 is 0 Å². The van der Waals surface area contributed by atoms with Crippen molar-refractivity contribution in [3.63, 3.8) is 0 Å². The Bertz CT molecular complexity index is 584. The number of anilines is 1. The average Bonchev–Trinajstić information content (AvgIpc) is 2.65. The number of nitrogens with one attached hydrogen (secondary N) is 2. The number of amides is 2. The number of nitrogens with zero attached hydrogens (tertiary/aromatic N) is 2. The van der Waals surface area contributed by atoms with Crippen LogP contribution < -0.4 is 10.6 Å². The Balaban J connectivity index is 2.17. The predicted molar refractivity (Wildman–Crippen MR) is 61.5 cm³/mol. The van der Waals surface area contributed by atoms with E-state index in [0.29, 0.717) is 23.5 Å². The molecule has 0 spiro atoms. The predicted octanol–water partition coefficient (Wildman–Crippen LogP) is 0.397. The molecule has 2 amide bonds. The monoisotopic (exact) mass is 246 g/mol. The van der Waals surface area contributed by atoms with E-state index in [2.05, 4.69) is 25.3 Å². The van der Waals surface area contributed by atoms with Crippen molar-refractivity contribution < 1.29 is 14.3 Å². The Hall–Kier alpha value is -2.44. The van der Waals surface area contributed by atoms with E-state index in [0.717, 1.165) is 0 Å². The maximum absolute atomic E-state index is 12.1. The van der Waals surface area contributed by atoms with Gasteiger partial charge >= 0.3 is 6.09 Å². The minimum Gasteiger partial charge on any atom is -0.453 e. The molecular weight excluding hydrogens is 236 g/mol. The van der Waals surface area contributed by atoms with E-state index in [1.165, 1.54) is 13.4 Å². The number of hydrogen-bond donors (Lipinski definition) is 2. The molecule has 7 heteroatoms. The van der Waals surface area contributed by atoms with Crippen LogP contribution in [0.3, 0.4) is 0 Å². The van der Waals surface area contributed by atoms with Crippen molar-refractivity contribution in [2.75, 3.05) is 12.4 Å². The number of hydrogen-bond acceptors (Lipinski definition) is 5. The van der Waals surface area contributed by atoms with Crippen molar-refractivity contribution in [2.45, 2.75) is 12.0 Å². The van der Waals surface area contributed by atoms with Crippen LogP contribution in [0.4, 0.5) is 10.6 Å². The van der Waals surface area contributed by atoms with Crippen LogP contribution in [-0.4, -0.2) is 29.1 Å². The Morgan fingerprint density at radius 2 is 2.39 bits per heavy atom. The molecule has 2 aliphatic rings. The number of carbonyl (C=O) groups excluding carboxylic acids is 2. The van der Waals surface area contributed by atoms with Gasteiger partial charge in [0, 0.05) is 6.42 Å². The van der Waals surface area contributed by atoms with Gasteiger partial charge in [-0.25, -0.2) is 14.8 Å². The molecule has 0 saturated carbocycles. The summed E-state index contributed by atoms with van der Waals surface area (Å²) in [5, 5.41) is 5.23. The van der Waals surface area contributed by atoms with Crippen molar-refractivity contribution in [3.8, 4) is 0 Å². The van der Waals surface area contributed by atoms with Gasteiger partial charge in [0.15, 0.2) is 5.54 Å². The zero-order valence-corrected chi connectivity index (χ0v) is 9.56. The smallest absolute Gasteiger partial charge is 0.408 e. The second-order valence-electron chi connectivity index (χ2n) is 4.07. The minimum atomic E-state index is -1.16. The summed E-state index contributed by atoms with van der Waals surface area (Å²) in [7, 11) is 1.25. The Kier molecular flexibility index (Phi) is 2.09. The van der Waals surface area contributed by atoms with Gasteiger partial charge in [0.2, 0.25) is 0 Å². The second kappa shape index (κ2) is 3.52. The molecule has 3 rings (SSSR count). The summed E-state index contributed by atoms with van der Waals surface area (Å²) in [6.45, 7) is 0. The molecule has 1 aliphatic heterocycles. The average molecular weight is 246 g/mol. The maximum Gasteiger partial charge on any atom is 0.408 e. The zero-order chi connectivity index (χ0) is 12.8. The summed E-state index contributed by atoms with van der Waals surface area (Å²) >= 11 is 0. The first kappa shape index (κ1) is 10.7. The topological polar surface area (TPSA) is 93.2 Å². The van der Waals surface area contributed by atoms with Crippen LogP contribution in [0.25, 0.3) is 6.08 Å². The third-order valence-electron chi connectivity index (χ3n) is 3.12. The van der Waals surface area contributed by atoms with Crippen molar-refractivity contribution in [3.05, 3.63) is 23.7 Å². The van der Waals surface area contributed by atoms with Crippen LogP contribution in [0.15, 0.2) is 12.4 Å². The minimum absolute atomic E-state index is 0.325. The van der Waals surface area contributed by atoms with Crippen LogP contribution in [0, 0.1) is 0 Å². The van der Waals surface area contributed by atoms with Gasteiger partial charge in [-0.15, -0.1) is 0 Å². The Morgan fingerprint density at radius 3 is 3.17 bits per heavy atom. The van der Waals surface area contributed by atoms with Gasteiger partial charge in [0.25, 0.3) is 5.91 Å². The molecule has 7 nitrogen and oxygen atoms in total. The fourth-order valence-electron chi connectivity index (χ4n) is 2.31. The summed E-state index contributed by atoms with van der Waals surface area (Å²) in [6, 6.07) is 0. The van der Waals surface area contributed by atoms with Crippen LogP contribution in [-0.2, 0) is 15.1 Å². The second-order valence-corrected chi connectivity index (χ2v) is 4.07. The molecule has 0 aromatic carbocycles. The molecular formula is C11H10N4O3. The van der Waals surface area contributed by atoms with Gasteiger partial charge in [0.1, 0.15) is 12.1 Å². The summed E-state index contributed by atoms with van der Waals surface area (Å²) in [5.41, 5.74) is 0.0669. The summed E-state index contributed by atoms with van der Waals surface area (Å²) in [4.78, 5) is 31.7. The van der Waals surface area contributed by atoms with Crippen LogP contribution in [0.1, 0.15) is 17.7 Å². The lowest BCUT2D eigenvalue weighted by molar-refractivity contribution is -0.121. The summed E-state index contributed by atoms with van der Waals surface area (Å²) in [5.74, 6) is 0.111. The molecule has 0 saturated heterocycles. The van der Waals surface area contributed by atoms with Crippen molar-refractivity contribution in [1.82, 2.24) is 15.3 Å². The molecule has 18 heavy (non-hydrogen) atoms. The fraction of sp³-hybridized carbons (Fsp3) is 0.273. The molecule has 1 unspecified atom stereocenters. The molecule has 1 aliphatic carbocycles. The number of alkyl carbamates (subject to hydrolysis) is 1. The van der Waals surface area contributed by atoms with Crippen molar-refractivity contribution in [1.29, 1.82) is 0 Å². The molecule has 0 radical (unpaired) electrons. The molecule has 2 N–H and O–H groups in total. The largest absolute Gasteiger partial charge is 0.453 e. The number of rotatable bonds is 1. The van der Waals surface area contributed by atoms with Gasteiger partial charge in [-0.2, -0.15) is 0 Å². The van der Waals surface area contributed by atoms with Gasteiger partial charge in [0.05, 0.1) is 18.4 Å². The molecule has 92 valence electrons. The third kappa shape index (κ3) is 1.24. The third-order valence-corrected chi connectivity index (χ3v) is 3.12. The zero-order valence-electron chi connectivity index (χ0n) is 9.56. The Morgan fingerprint density at radius 1 is 1.56 bits per heavy atom. The van der Waals surface area contributed by atoms with Crippen LogP contribution in [0.2, 0.25) is 0 Å². The maximum atomic E-state index is 12.1. The highest BCUT2D eigenvalue weighted by atomic mass is 16.5. The first-order valence-electron chi connectivity index (χ1n) is 5.37. The SMILES string of the molecule is COC(=O)NC12CC=Cc3ncnc(c31)NC2=O. The van der Waals surface area contributed by atoms with Crippen LogP contribution in [0.5, 0.6) is 0 Å². The quantitative estimate of drug-likeness (QED) is 0.748. The highest BCUT2D eigenvalue weighted by molar-refractivity contribution is 6.08. The van der Waals surface area contributed by atoms with Crippen LogP contribution >= 0.6 is 0 Å². The van der Waals surface area contributed by atoms with Crippen molar-refractivity contribution >= 4 is 23.9 Å². The molecule has 0 bridgehead atoms. The number of carbonyl (C=O) groups is 2. The van der Waals surface area contributed by atoms with E-state index in [-0.39, 0.29) is 5.91 Å². The summed E-state index contributed by atoms with van der Waals surface area (Å²) < 4.78 is 4.57. The lowest BCUT2D eigenvalue weighted by atomic mass is 9.84. The lowest BCUT2D eigenvalue weighted by Crippen LogP contribution is -2.51. The molecule has 1 atom stereocenters. The lowest BCUT2D eigenvalue weighted by Gasteiger charge is -2.29. The number of methoxy groups -OCH3 is 1. The molecule has 1 aromatic rings. The van der Waals surface area contributed by atoms with Gasteiger partial charge in [-0.05, 0) is 6.08 Å². The van der Waals surface area contributed by atoms with Crippen molar-refractivity contribution in [2.24, 2.45) is 0 Å². The normalized spacial score (nSPS) is 23.3. The van der Waals surface area contributed by atoms with Gasteiger partial charge < -0.3 is 15.4 Å².